The molecule has 2 aromatic carbocycles. The van der Waals surface area contributed by atoms with E-state index < -0.39 is 11.7 Å². The molecule has 2 aliphatic rings. The number of hydrogen-bond donors (Lipinski definition) is 1. The first-order valence-corrected chi connectivity index (χ1v) is 14.1. The fourth-order valence-corrected chi connectivity index (χ4v) is 6.61. The Morgan fingerprint density at radius 3 is 2.71 bits per heavy atom. The predicted octanol–water partition coefficient (Wildman–Crippen LogP) is 6.37. The molecule has 0 unspecified atom stereocenters. The van der Waals surface area contributed by atoms with Gasteiger partial charge in [-0.25, -0.2) is 4.79 Å². The summed E-state index contributed by atoms with van der Waals surface area (Å²) < 4.78 is 11.8. The Morgan fingerprint density at radius 1 is 1.21 bits per heavy atom. The summed E-state index contributed by atoms with van der Waals surface area (Å²) in [5.41, 5.74) is 1.98. The number of likely N-dealkylation sites (tertiary alicyclic amines) is 1. The molecule has 7 heteroatoms. The molecule has 6 nitrogen and oxygen atoms in total. The maximum atomic E-state index is 13.9. The molecule has 2 heterocycles. The third-order valence-electron chi connectivity index (χ3n) is 8.43. The Morgan fingerprint density at radius 2 is 1.97 bits per heavy atom. The molecule has 1 aromatic heterocycles. The topological polar surface area (TPSA) is 80.0 Å². The van der Waals surface area contributed by atoms with Crippen molar-refractivity contribution in [2.45, 2.75) is 83.5 Å². The number of amides is 1. The van der Waals surface area contributed by atoms with Gasteiger partial charge in [0, 0.05) is 34.5 Å². The van der Waals surface area contributed by atoms with E-state index in [0.29, 0.717) is 34.9 Å². The summed E-state index contributed by atoms with van der Waals surface area (Å²) in [7, 11) is 0. The molecule has 1 N–H and O–H groups in total. The molecule has 1 amide bonds. The van der Waals surface area contributed by atoms with Gasteiger partial charge < -0.3 is 19.2 Å². The number of ether oxygens (including phenoxy) is 1. The molecule has 38 heavy (non-hydrogen) atoms. The number of carbonyl (C=O) groups excluding carboxylic acids is 1. The molecule has 0 bridgehead atoms. The Hall–Kier alpha value is -2.83. The van der Waals surface area contributed by atoms with Gasteiger partial charge in [0.15, 0.2) is 6.10 Å². The summed E-state index contributed by atoms with van der Waals surface area (Å²) in [5, 5.41) is 13.1. The van der Waals surface area contributed by atoms with Gasteiger partial charge >= 0.3 is 5.63 Å². The number of aliphatic hydroxyl groups is 1. The van der Waals surface area contributed by atoms with Crippen molar-refractivity contribution in [3.05, 3.63) is 74.6 Å². The van der Waals surface area contributed by atoms with Gasteiger partial charge in [-0.15, -0.1) is 0 Å². The van der Waals surface area contributed by atoms with Crippen LogP contribution in [0.25, 0.3) is 11.0 Å². The number of nitrogens with zero attached hydrogens (tertiary/aromatic N) is 1. The Kier molecular flexibility index (Phi) is 7.56. The summed E-state index contributed by atoms with van der Waals surface area (Å²) in [5.74, 6) is 0.346. The van der Waals surface area contributed by atoms with Gasteiger partial charge in [-0.3, -0.25) is 4.79 Å². The van der Waals surface area contributed by atoms with E-state index in [0.717, 1.165) is 55.0 Å². The first-order chi connectivity index (χ1) is 18.2. The number of carbonyl (C=O) groups is 1. The van der Waals surface area contributed by atoms with Crippen molar-refractivity contribution in [3.8, 4) is 5.75 Å². The van der Waals surface area contributed by atoms with Crippen LogP contribution >= 0.6 is 11.6 Å². The van der Waals surface area contributed by atoms with Crippen LogP contribution in [0.3, 0.4) is 0 Å². The van der Waals surface area contributed by atoms with E-state index in [9.17, 15) is 14.7 Å². The van der Waals surface area contributed by atoms with Crippen molar-refractivity contribution in [2.24, 2.45) is 5.92 Å². The lowest BCUT2D eigenvalue weighted by Crippen LogP contribution is -2.58. The number of fused-ring (bicyclic) bond motifs is 2. The summed E-state index contributed by atoms with van der Waals surface area (Å²) in [6, 6.07) is 12.7. The number of rotatable bonds is 6. The zero-order chi connectivity index (χ0) is 27.0. The lowest BCUT2D eigenvalue weighted by atomic mass is 9.66. The fourth-order valence-electron chi connectivity index (χ4n) is 6.49. The van der Waals surface area contributed by atoms with Crippen LogP contribution in [0.2, 0.25) is 5.02 Å². The molecule has 1 aliphatic heterocycles. The monoisotopic (exact) mass is 537 g/mol. The van der Waals surface area contributed by atoms with Gasteiger partial charge in [0.05, 0.1) is 11.6 Å². The number of hydrogen-bond acceptors (Lipinski definition) is 5. The molecule has 1 aliphatic carbocycles. The number of halogens is 1. The first-order valence-electron chi connectivity index (χ1n) is 13.7. The second kappa shape index (κ2) is 10.7. The minimum absolute atomic E-state index is 0.0454. The quantitative estimate of drug-likeness (QED) is 0.369. The fraction of sp³-hybridized carbons (Fsp3) is 0.484. The second-order valence-electron chi connectivity index (χ2n) is 10.9. The van der Waals surface area contributed by atoms with Crippen LogP contribution in [0.1, 0.15) is 75.1 Å². The van der Waals surface area contributed by atoms with E-state index >= 15 is 0 Å². The second-order valence-corrected chi connectivity index (χ2v) is 11.3. The summed E-state index contributed by atoms with van der Waals surface area (Å²) in [6.45, 7) is 6.15. The number of benzene rings is 2. The van der Waals surface area contributed by atoms with E-state index in [1.54, 1.807) is 13.0 Å². The molecule has 3 aromatic rings. The van der Waals surface area contributed by atoms with Crippen molar-refractivity contribution in [1.29, 1.82) is 0 Å². The molecule has 2 fully saturated rings. The van der Waals surface area contributed by atoms with Crippen molar-refractivity contribution in [1.82, 2.24) is 4.90 Å². The third-order valence-corrected chi connectivity index (χ3v) is 8.68. The highest BCUT2D eigenvalue weighted by molar-refractivity contribution is 6.30. The van der Waals surface area contributed by atoms with Crippen molar-refractivity contribution in [3.63, 3.8) is 0 Å². The smallest absolute Gasteiger partial charge is 0.336 e. The molecular formula is C31H36ClNO5. The van der Waals surface area contributed by atoms with Crippen LogP contribution < -0.4 is 10.4 Å². The molecular weight excluding hydrogens is 502 g/mol. The highest BCUT2D eigenvalue weighted by atomic mass is 35.5. The van der Waals surface area contributed by atoms with Gasteiger partial charge in [-0.05, 0) is 74.9 Å². The zero-order valence-corrected chi connectivity index (χ0v) is 23.1. The summed E-state index contributed by atoms with van der Waals surface area (Å²) in [4.78, 5) is 28.0. The maximum absolute atomic E-state index is 13.9. The molecule has 0 spiro atoms. The van der Waals surface area contributed by atoms with Crippen LogP contribution in [-0.2, 0) is 11.2 Å². The van der Waals surface area contributed by atoms with E-state index in [4.69, 9.17) is 20.8 Å². The average molecular weight is 538 g/mol. The molecule has 4 atom stereocenters. The normalized spacial score (nSPS) is 24.2. The van der Waals surface area contributed by atoms with E-state index in [1.807, 2.05) is 48.2 Å². The van der Waals surface area contributed by atoms with Gasteiger partial charge in [0.25, 0.3) is 5.91 Å². The highest BCUT2D eigenvalue weighted by Gasteiger charge is 2.50. The zero-order valence-electron chi connectivity index (χ0n) is 22.3. The molecule has 202 valence electrons. The van der Waals surface area contributed by atoms with Gasteiger partial charge in [0.1, 0.15) is 11.3 Å². The maximum Gasteiger partial charge on any atom is 0.336 e. The van der Waals surface area contributed by atoms with Gasteiger partial charge in [0.2, 0.25) is 0 Å². The van der Waals surface area contributed by atoms with Crippen LogP contribution in [0, 0.1) is 12.8 Å². The van der Waals surface area contributed by atoms with Crippen LogP contribution in [0.4, 0.5) is 0 Å². The van der Waals surface area contributed by atoms with E-state index in [2.05, 4.69) is 6.92 Å². The lowest BCUT2D eigenvalue weighted by molar-refractivity contribution is -0.161. The van der Waals surface area contributed by atoms with Crippen molar-refractivity contribution in [2.75, 3.05) is 6.54 Å². The molecule has 1 saturated heterocycles. The standard InChI is InChI=1S/C31H36ClNO5/c1-4-7-22-18-27(34)38-29-19(2)26(14-13-24(22)29)37-20(3)30(35)33-17-16-31(36)15-6-5-8-25(31)28(33)21-9-11-23(32)12-10-21/h9-14,18,20,25,28,36H,4-8,15-17H2,1-3H3/t20-,25+,28+,31+/m1/s1. The molecule has 5 rings (SSSR count). The minimum atomic E-state index is -0.772. The van der Waals surface area contributed by atoms with Crippen LogP contribution in [-0.4, -0.2) is 34.2 Å². The van der Waals surface area contributed by atoms with E-state index in [1.165, 1.54) is 0 Å². The van der Waals surface area contributed by atoms with Gasteiger partial charge in [-0.1, -0.05) is 49.9 Å². The lowest BCUT2D eigenvalue weighted by Gasteiger charge is -2.53. The Bertz CT molecular complexity index is 1380. The summed E-state index contributed by atoms with van der Waals surface area (Å²) in [6.07, 6.45) is 5.16. The Labute approximate surface area is 228 Å². The van der Waals surface area contributed by atoms with Crippen molar-refractivity contribution < 1.29 is 19.1 Å². The third kappa shape index (κ3) is 4.96. The molecule has 0 radical (unpaired) electrons. The van der Waals surface area contributed by atoms with Crippen molar-refractivity contribution >= 4 is 28.5 Å². The highest BCUT2D eigenvalue weighted by Crippen LogP contribution is 2.49. The average Bonchev–Trinajstić information content (AvgIpc) is 2.90. The van der Waals surface area contributed by atoms with Crippen LogP contribution in [0.5, 0.6) is 5.75 Å². The number of aryl methyl sites for hydroxylation is 2. The number of piperidine rings is 1. The van der Waals surface area contributed by atoms with Gasteiger partial charge in [-0.2, -0.15) is 0 Å². The first kappa shape index (κ1) is 26.8. The molecule has 1 saturated carbocycles. The van der Waals surface area contributed by atoms with Crippen LogP contribution in [0.15, 0.2) is 51.7 Å². The largest absolute Gasteiger partial charge is 0.480 e. The Balaban J connectivity index is 1.45. The minimum Gasteiger partial charge on any atom is -0.480 e. The van der Waals surface area contributed by atoms with E-state index in [-0.39, 0.29) is 23.5 Å². The predicted molar refractivity (Wildman–Crippen MR) is 149 cm³/mol. The SMILES string of the molecule is CCCc1cc(=O)oc2c(C)c(O[C@H](C)C(=O)N3CC[C@@]4(O)CCCC[C@H]4[C@@H]3c3ccc(Cl)cc3)ccc12. The summed E-state index contributed by atoms with van der Waals surface area (Å²) >= 11 is 6.17.